The van der Waals surface area contributed by atoms with Gasteiger partial charge in [-0.1, -0.05) is 6.07 Å². The quantitative estimate of drug-likeness (QED) is 0.876. The molecule has 1 fully saturated rings. The van der Waals surface area contributed by atoms with E-state index in [2.05, 4.69) is 5.32 Å². The van der Waals surface area contributed by atoms with Gasteiger partial charge in [0.05, 0.1) is 18.5 Å². The number of halogens is 1. The Labute approximate surface area is 118 Å². The summed E-state index contributed by atoms with van der Waals surface area (Å²) in [6.07, 6.45) is 4.12. The van der Waals surface area contributed by atoms with Crippen molar-refractivity contribution in [2.75, 3.05) is 11.9 Å². The smallest absolute Gasteiger partial charge is 0.146 e. The Morgan fingerprint density at radius 1 is 1.35 bits per heavy atom. The van der Waals surface area contributed by atoms with E-state index in [-0.39, 0.29) is 5.82 Å². The van der Waals surface area contributed by atoms with Crippen LogP contribution >= 0.6 is 0 Å². The van der Waals surface area contributed by atoms with Crippen molar-refractivity contribution in [1.29, 1.82) is 0 Å². The zero-order valence-electron chi connectivity index (χ0n) is 11.6. The molecule has 1 saturated carbocycles. The molecule has 1 aromatic carbocycles. The molecule has 0 spiro atoms. The molecular weight excluding hydrogens is 255 g/mol. The van der Waals surface area contributed by atoms with E-state index in [1.807, 2.05) is 36.2 Å². The number of nitrogens with one attached hydrogen (secondary N) is 1. The van der Waals surface area contributed by atoms with Crippen LogP contribution in [0, 0.1) is 5.82 Å². The van der Waals surface area contributed by atoms with E-state index in [1.54, 1.807) is 12.3 Å². The van der Waals surface area contributed by atoms with Gasteiger partial charge in [-0.2, -0.15) is 0 Å². The van der Waals surface area contributed by atoms with Crippen LogP contribution < -0.4 is 10.2 Å². The predicted molar refractivity (Wildman–Crippen MR) is 77.1 cm³/mol. The SMILES string of the molecule is CN(Cc1ccco1)c1ccc(CNC2CC2)cc1F. The van der Waals surface area contributed by atoms with Crippen molar-refractivity contribution >= 4 is 5.69 Å². The van der Waals surface area contributed by atoms with Crippen molar-refractivity contribution in [3.8, 4) is 0 Å². The van der Waals surface area contributed by atoms with Crippen LogP contribution in [0.5, 0.6) is 0 Å². The molecule has 4 heteroatoms. The molecule has 0 amide bonds. The molecule has 20 heavy (non-hydrogen) atoms. The monoisotopic (exact) mass is 274 g/mol. The molecule has 3 nitrogen and oxygen atoms in total. The second-order valence-corrected chi connectivity index (χ2v) is 5.38. The fraction of sp³-hybridized carbons (Fsp3) is 0.375. The van der Waals surface area contributed by atoms with E-state index in [1.165, 1.54) is 12.8 Å². The number of hydrogen-bond acceptors (Lipinski definition) is 3. The van der Waals surface area contributed by atoms with Gasteiger partial charge in [0.2, 0.25) is 0 Å². The average Bonchev–Trinajstić information content (AvgIpc) is 3.13. The van der Waals surface area contributed by atoms with Crippen LogP contribution in [-0.2, 0) is 13.1 Å². The summed E-state index contributed by atoms with van der Waals surface area (Å²) in [7, 11) is 1.86. The first-order chi connectivity index (χ1) is 9.72. The van der Waals surface area contributed by atoms with E-state index in [0.717, 1.165) is 17.9 Å². The van der Waals surface area contributed by atoms with Crippen molar-refractivity contribution in [3.63, 3.8) is 0 Å². The van der Waals surface area contributed by atoms with Crippen LogP contribution in [0.15, 0.2) is 41.0 Å². The first-order valence-corrected chi connectivity index (χ1v) is 6.98. The Kier molecular flexibility index (Phi) is 3.74. The minimum atomic E-state index is -0.186. The van der Waals surface area contributed by atoms with Gasteiger partial charge in [0.15, 0.2) is 0 Å². The average molecular weight is 274 g/mol. The maximum atomic E-state index is 14.2. The number of anilines is 1. The summed E-state index contributed by atoms with van der Waals surface area (Å²) in [6.45, 7) is 1.30. The van der Waals surface area contributed by atoms with E-state index in [0.29, 0.717) is 18.3 Å². The lowest BCUT2D eigenvalue weighted by atomic mass is 10.2. The van der Waals surface area contributed by atoms with Gasteiger partial charge in [0.1, 0.15) is 11.6 Å². The van der Waals surface area contributed by atoms with E-state index >= 15 is 0 Å². The van der Waals surface area contributed by atoms with Gasteiger partial charge in [0.25, 0.3) is 0 Å². The van der Waals surface area contributed by atoms with Crippen molar-refractivity contribution in [3.05, 3.63) is 53.7 Å². The topological polar surface area (TPSA) is 28.4 Å². The van der Waals surface area contributed by atoms with Gasteiger partial charge < -0.3 is 14.6 Å². The van der Waals surface area contributed by atoms with Gasteiger partial charge in [-0.25, -0.2) is 4.39 Å². The summed E-state index contributed by atoms with van der Waals surface area (Å²) < 4.78 is 19.5. The van der Waals surface area contributed by atoms with Crippen LogP contribution in [0.3, 0.4) is 0 Å². The highest BCUT2D eigenvalue weighted by atomic mass is 19.1. The third kappa shape index (κ3) is 3.20. The summed E-state index contributed by atoms with van der Waals surface area (Å²) in [5, 5.41) is 3.39. The lowest BCUT2D eigenvalue weighted by Gasteiger charge is -2.19. The Bertz CT molecular complexity index is 564. The van der Waals surface area contributed by atoms with E-state index < -0.39 is 0 Å². The Hall–Kier alpha value is -1.81. The molecule has 1 aliphatic rings. The third-order valence-corrected chi connectivity index (χ3v) is 3.57. The minimum absolute atomic E-state index is 0.186. The highest BCUT2D eigenvalue weighted by Gasteiger charge is 2.20. The van der Waals surface area contributed by atoms with Gasteiger partial charge >= 0.3 is 0 Å². The molecule has 3 rings (SSSR count). The fourth-order valence-electron chi connectivity index (χ4n) is 2.24. The highest BCUT2D eigenvalue weighted by Crippen LogP contribution is 2.23. The lowest BCUT2D eigenvalue weighted by Crippen LogP contribution is -2.18. The summed E-state index contributed by atoms with van der Waals surface area (Å²) in [5.74, 6) is 0.639. The zero-order valence-corrected chi connectivity index (χ0v) is 11.6. The molecule has 0 aliphatic heterocycles. The van der Waals surface area contributed by atoms with Crippen LogP contribution in [0.4, 0.5) is 10.1 Å². The molecular formula is C16H19FN2O. The van der Waals surface area contributed by atoms with Crippen LogP contribution in [-0.4, -0.2) is 13.1 Å². The van der Waals surface area contributed by atoms with Gasteiger partial charge in [-0.05, 0) is 42.7 Å². The van der Waals surface area contributed by atoms with Gasteiger partial charge in [0, 0.05) is 19.6 Å². The van der Waals surface area contributed by atoms with Gasteiger partial charge in [-0.3, -0.25) is 0 Å². The number of hydrogen-bond donors (Lipinski definition) is 1. The first-order valence-electron chi connectivity index (χ1n) is 6.98. The maximum Gasteiger partial charge on any atom is 0.146 e. The van der Waals surface area contributed by atoms with Crippen LogP contribution in [0.2, 0.25) is 0 Å². The van der Waals surface area contributed by atoms with E-state index in [9.17, 15) is 4.39 Å². The molecule has 106 valence electrons. The second kappa shape index (κ2) is 5.67. The molecule has 2 aromatic rings. The van der Waals surface area contributed by atoms with Crippen LogP contribution in [0.25, 0.3) is 0 Å². The molecule has 1 N–H and O–H groups in total. The van der Waals surface area contributed by atoms with Crippen LogP contribution in [0.1, 0.15) is 24.2 Å². The molecule has 0 radical (unpaired) electrons. The normalized spacial score (nSPS) is 14.5. The number of furan rings is 1. The van der Waals surface area contributed by atoms with Crippen molar-refractivity contribution in [2.24, 2.45) is 0 Å². The molecule has 1 aromatic heterocycles. The minimum Gasteiger partial charge on any atom is -0.467 e. The largest absolute Gasteiger partial charge is 0.467 e. The third-order valence-electron chi connectivity index (χ3n) is 3.57. The Morgan fingerprint density at radius 3 is 2.85 bits per heavy atom. The maximum absolute atomic E-state index is 14.2. The zero-order chi connectivity index (χ0) is 13.9. The molecule has 0 saturated heterocycles. The van der Waals surface area contributed by atoms with E-state index in [4.69, 9.17) is 4.42 Å². The molecule has 0 bridgehead atoms. The summed E-state index contributed by atoms with van der Waals surface area (Å²) >= 11 is 0. The molecule has 0 unspecified atom stereocenters. The predicted octanol–water partition coefficient (Wildman–Crippen LogP) is 3.31. The van der Waals surface area contributed by atoms with Crippen molar-refractivity contribution < 1.29 is 8.81 Å². The summed E-state index contributed by atoms with van der Waals surface area (Å²) in [5.41, 5.74) is 1.58. The summed E-state index contributed by atoms with van der Waals surface area (Å²) in [6, 6.07) is 9.80. The Morgan fingerprint density at radius 2 is 2.20 bits per heavy atom. The number of rotatable bonds is 6. The molecule has 1 aliphatic carbocycles. The lowest BCUT2D eigenvalue weighted by molar-refractivity contribution is 0.505. The van der Waals surface area contributed by atoms with Gasteiger partial charge in [-0.15, -0.1) is 0 Å². The standard InChI is InChI=1S/C16H19FN2O/c1-19(11-14-3-2-8-20-14)16-7-4-12(9-15(16)17)10-18-13-5-6-13/h2-4,7-9,13,18H,5-6,10-11H2,1H3. The van der Waals surface area contributed by atoms with Crippen molar-refractivity contribution in [1.82, 2.24) is 5.32 Å². The second-order valence-electron chi connectivity index (χ2n) is 5.38. The highest BCUT2D eigenvalue weighted by molar-refractivity contribution is 5.48. The van der Waals surface area contributed by atoms with Crippen molar-refractivity contribution in [2.45, 2.75) is 32.0 Å². The molecule has 1 heterocycles. The number of nitrogens with zero attached hydrogens (tertiary/aromatic N) is 1. The Balaban J connectivity index is 1.66. The summed E-state index contributed by atoms with van der Waals surface area (Å²) in [4.78, 5) is 1.85. The first kappa shape index (κ1) is 13.2. The fourth-order valence-corrected chi connectivity index (χ4v) is 2.24. The molecule has 0 atom stereocenters. The number of benzene rings is 1.